The van der Waals surface area contributed by atoms with E-state index in [0.29, 0.717) is 17.1 Å². The summed E-state index contributed by atoms with van der Waals surface area (Å²) in [5, 5.41) is 6.04. The van der Waals surface area contributed by atoms with Gasteiger partial charge in [-0.05, 0) is 12.1 Å². The van der Waals surface area contributed by atoms with Gasteiger partial charge in [0, 0.05) is 18.2 Å². The van der Waals surface area contributed by atoms with Crippen LogP contribution in [0.1, 0.15) is 5.56 Å². The van der Waals surface area contributed by atoms with Crippen molar-refractivity contribution in [2.45, 2.75) is 11.6 Å². The molecule has 0 aliphatic carbocycles. The fraction of sp³-hybridized carbons (Fsp3) is 0.250. The van der Waals surface area contributed by atoms with Crippen LogP contribution in [0.25, 0.3) is 0 Å². The average molecular weight is 297 g/mol. The van der Waals surface area contributed by atoms with Gasteiger partial charge in [0.25, 0.3) is 10.0 Å². The second-order valence-electron chi connectivity index (χ2n) is 3.92. The van der Waals surface area contributed by atoms with E-state index in [0.717, 1.165) is 0 Å². The second-order valence-corrected chi connectivity index (χ2v) is 5.66. The molecule has 0 saturated heterocycles. The first-order valence-corrected chi connectivity index (χ1v) is 7.25. The maximum absolute atomic E-state index is 11.9. The van der Waals surface area contributed by atoms with E-state index in [-0.39, 0.29) is 11.6 Å². The molecule has 0 atom stereocenters. The first-order chi connectivity index (χ1) is 9.56. The summed E-state index contributed by atoms with van der Waals surface area (Å²) in [5.74, 6) is 1.19. The quantitative estimate of drug-likeness (QED) is 0.826. The third-order valence-electron chi connectivity index (χ3n) is 2.71. The molecule has 1 aromatic heterocycles. The molecule has 0 aliphatic rings. The van der Waals surface area contributed by atoms with Gasteiger partial charge in [0.1, 0.15) is 11.5 Å². The van der Waals surface area contributed by atoms with Crippen LogP contribution in [0.15, 0.2) is 35.5 Å². The Hall–Kier alpha value is -2.06. The minimum absolute atomic E-state index is 0.0185. The average Bonchev–Trinajstić information content (AvgIpc) is 3.00. The van der Waals surface area contributed by atoms with Crippen LogP contribution in [0.3, 0.4) is 0 Å². The number of nitrogens with zero attached hydrogens (tertiary/aromatic N) is 1. The summed E-state index contributed by atoms with van der Waals surface area (Å²) in [4.78, 5) is 0. The van der Waals surface area contributed by atoms with E-state index in [1.54, 1.807) is 25.3 Å². The maximum atomic E-state index is 11.9. The summed E-state index contributed by atoms with van der Waals surface area (Å²) in [6.07, 6.45) is 1.38. The lowest BCUT2D eigenvalue weighted by atomic mass is 10.2. The molecular formula is C12H15N3O4S. The van der Waals surface area contributed by atoms with Gasteiger partial charge in [-0.25, -0.2) is 13.1 Å². The highest BCUT2D eigenvalue weighted by Gasteiger charge is 2.16. The number of ether oxygens (including phenoxy) is 2. The van der Waals surface area contributed by atoms with Crippen LogP contribution in [-0.4, -0.2) is 32.8 Å². The Morgan fingerprint density at radius 3 is 2.65 bits per heavy atom. The largest absolute Gasteiger partial charge is 0.497 e. The first-order valence-electron chi connectivity index (χ1n) is 5.77. The number of rotatable bonds is 6. The fourth-order valence-electron chi connectivity index (χ4n) is 1.64. The fourth-order valence-corrected chi connectivity index (χ4v) is 2.56. The van der Waals surface area contributed by atoms with Crippen LogP contribution >= 0.6 is 0 Å². The van der Waals surface area contributed by atoms with Crippen molar-refractivity contribution < 1.29 is 17.9 Å². The van der Waals surface area contributed by atoms with Gasteiger partial charge in [0.2, 0.25) is 0 Å². The van der Waals surface area contributed by atoms with Gasteiger partial charge in [-0.2, -0.15) is 5.10 Å². The molecule has 7 nitrogen and oxygen atoms in total. The van der Waals surface area contributed by atoms with Crippen molar-refractivity contribution in [1.29, 1.82) is 0 Å². The Morgan fingerprint density at radius 2 is 2.05 bits per heavy atom. The van der Waals surface area contributed by atoms with Crippen molar-refractivity contribution in [2.24, 2.45) is 0 Å². The van der Waals surface area contributed by atoms with Crippen LogP contribution in [0.4, 0.5) is 0 Å². The highest BCUT2D eigenvalue weighted by Crippen LogP contribution is 2.24. The summed E-state index contributed by atoms with van der Waals surface area (Å²) in [5.41, 5.74) is 0.705. The lowest BCUT2D eigenvalue weighted by Gasteiger charge is -2.11. The smallest absolute Gasteiger partial charge is 0.257 e. The van der Waals surface area contributed by atoms with E-state index in [2.05, 4.69) is 14.9 Å². The summed E-state index contributed by atoms with van der Waals surface area (Å²) >= 11 is 0. The zero-order chi connectivity index (χ0) is 14.6. The monoisotopic (exact) mass is 297 g/mol. The zero-order valence-electron chi connectivity index (χ0n) is 11.1. The van der Waals surface area contributed by atoms with E-state index >= 15 is 0 Å². The Bertz CT molecular complexity index is 668. The lowest BCUT2D eigenvalue weighted by Crippen LogP contribution is -2.23. The summed E-state index contributed by atoms with van der Waals surface area (Å²) < 4.78 is 36.6. The van der Waals surface area contributed by atoms with Crippen LogP contribution in [-0.2, 0) is 16.6 Å². The molecule has 0 saturated carbocycles. The van der Waals surface area contributed by atoms with E-state index in [1.807, 2.05) is 0 Å². The highest BCUT2D eigenvalue weighted by molar-refractivity contribution is 7.89. The van der Waals surface area contributed by atoms with Gasteiger partial charge >= 0.3 is 0 Å². The molecule has 0 fully saturated rings. The molecule has 108 valence electrons. The standard InChI is InChI=1S/C12H15N3O4S/c1-18-10-4-3-9(11(7-10)19-2)8-14-20(16,17)12-5-6-13-15-12/h3-7,14H,8H2,1-2H3,(H,13,15). The van der Waals surface area contributed by atoms with Gasteiger partial charge in [0.05, 0.1) is 20.4 Å². The van der Waals surface area contributed by atoms with Crippen molar-refractivity contribution in [3.8, 4) is 11.5 Å². The van der Waals surface area contributed by atoms with E-state index in [9.17, 15) is 8.42 Å². The third-order valence-corrected chi connectivity index (χ3v) is 4.04. The molecule has 0 amide bonds. The molecule has 0 radical (unpaired) electrons. The number of hydrogen-bond acceptors (Lipinski definition) is 5. The Morgan fingerprint density at radius 1 is 1.25 bits per heavy atom. The second kappa shape index (κ2) is 5.93. The number of nitrogens with one attached hydrogen (secondary N) is 2. The number of sulfonamides is 1. The van der Waals surface area contributed by atoms with Gasteiger partial charge < -0.3 is 9.47 Å². The summed E-state index contributed by atoms with van der Waals surface area (Å²) in [6.45, 7) is 0.106. The van der Waals surface area contributed by atoms with Crippen molar-refractivity contribution in [3.63, 3.8) is 0 Å². The maximum Gasteiger partial charge on any atom is 0.257 e. The van der Waals surface area contributed by atoms with E-state index < -0.39 is 10.0 Å². The summed E-state index contributed by atoms with van der Waals surface area (Å²) in [7, 11) is -0.544. The molecule has 0 unspecified atom stereocenters. The molecule has 2 aromatic rings. The van der Waals surface area contributed by atoms with Gasteiger partial charge in [-0.15, -0.1) is 0 Å². The molecule has 1 aromatic carbocycles. The molecular weight excluding hydrogens is 282 g/mol. The minimum Gasteiger partial charge on any atom is -0.497 e. The lowest BCUT2D eigenvalue weighted by molar-refractivity contribution is 0.390. The normalized spacial score (nSPS) is 11.3. The number of aromatic nitrogens is 2. The number of methoxy groups -OCH3 is 2. The topological polar surface area (TPSA) is 93.3 Å². The van der Waals surface area contributed by atoms with Gasteiger partial charge in [-0.3, -0.25) is 5.10 Å². The zero-order valence-corrected chi connectivity index (χ0v) is 11.9. The van der Waals surface area contributed by atoms with Crippen LogP contribution < -0.4 is 14.2 Å². The highest BCUT2D eigenvalue weighted by atomic mass is 32.2. The number of H-pyrrole nitrogens is 1. The molecule has 0 spiro atoms. The first kappa shape index (κ1) is 14.4. The molecule has 2 N–H and O–H groups in total. The van der Waals surface area contributed by atoms with Crippen LogP contribution in [0, 0.1) is 0 Å². The Labute approximate surface area is 117 Å². The van der Waals surface area contributed by atoms with Crippen LogP contribution in [0.5, 0.6) is 11.5 Å². The molecule has 1 heterocycles. The predicted molar refractivity (Wildman–Crippen MR) is 72.2 cm³/mol. The van der Waals surface area contributed by atoms with Gasteiger partial charge in [0.15, 0.2) is 5.03 Å². The Balaban J connectivity index is 2.15. The molecule has 0 aliphatic heterocycles. The number of aromatic amines is 1. The molecule has 2 rings (SSSR count). The van der Waals surface area contributed by atoms with E-state index in [1.165, 1.54) is 19.4 Å². The third kappa shape index (κ3) is 3.09. The summed E-state index contributed by atoms with van der Waals surface area (Å²) in [6, 6.07) is 6.56. The van der Waals surface area contributed by atoms with Crippen LogP contribution in [0.2, 0.25) is 0 Å². The van der Waals surface area contributed by atoms with Crippen molar-refractivity contribution >= 4 is 10.0 Å². The minimum atomic E-state index is -3.61. The van der Waals surface area contributed by atoms with Crippen molar-refractivity contribution in [2.75, 3.05) is 14.2 Å². The number of hydrogen-bond donors (Lipinski definition) is 2. The van der Waals surface area contributed by atoms with Crippen molar-refractivity contribution in [3.05, 3.63) is 36.0 Å². The number of benzene rings is 1. The predicted octanol–water partition coefficient (Wildman–Crippen LogP) is 0.905. The molecule has 8 heteroatoms. The SMILES string of the molecule is COc1ccc(CNS(=O)(=O)c2ccn[nH]2)c(OC)c1. The van der Waals surface area contributed by atoms with Crippen molar-refractivity contribution in [1.82, 2.24) is 14.9 Å². The molecule has 0 bridgehead atoms. The Kier molecular flexibility index (Phi) is 4.26. The van der Waals surface area contributed by atoms with Gasteiger partial charge in [-0.1, -0.05) is 6.07 Å². The molecule has 20 heavy (non-hydrogen) atoms. The van der Waals surface area contributed by atoms with E-state index in [4.69, 9.17) is 9.47 Å².